The van der Waals surface area contributed by atoms with Crippen LogP contribution in [0.2, 0.25) is 0 Å². The summed E-state index contributed by atoms with van der Waals surface area (Å²) < 4.78 is 0. The summed E-state index contributed by atoms with van der Waals surface area (Å²) in [6.07, 6.45) is 17.2. The smallest absolute Gasteiger partial charge is 0.123 e. The largest absolute Gasteiger partial charge is 0.507 e. The normalized spacial score (nSPS) is 43.8. The molecule has 0 amide bonds. The van der Waals surface area contributed by atoms with E-state index in [1.54, 1.807) is 11.1 Å². The number of benzene rings is 1. The van der Waals surface area contributed by atoms with Crippen LogP contribution in [0.4, 0.5) is 0 Å². The third kappa shape index (κ3) is 3.38. The maximum Gasteiger partial charge on any atom is 0.123 e. The van der Waals surface area contributed by atoms with Gasteiger partial charge in [0.15, 0.2) is 0 Å². The zero-order valence-corrected chi connectivity index (χ0v) is 23.5. The van der Waals surface area contributed by atoms with Gasteiger partial charge in [0.25, 0.3) is 0 Å². The fourth-order valence-electron chi connectivity index (χ4n) is 11.9. The minimum Gasteiger partial charge on any atom is -0.507 e. The van der Waals surface area contributed by atoms with Crippen molar-refractivity contribution in [3.63, 3.8) is 0 Å². The van der Waals surface area contributed by atoms with E-state index in [-0.39, 0.29) is 10.8 Å². The molecular weight excluding hydrogens is 424 g/mol. The van der Waals surface area contributed by atoms with Crippen LogP contribution in [0.5, 0.6) is 5.75 Å². The molecule has 0 unspecified atom stereocenters. The fraction of sp³-hybridized carbons (Fsp3) is 0.824. The summed E-state index contributed by atoms with van der Waals surface area (Å²) >= 11 is 0. The molecule has 0 atom stereocenters. The van der Waals surface area contributed by atoms with Gasteiger partial charge in [-0.05, 0) is 145 Å². The number of rotatable bonds is 2. The van der Waals surface area contributed by atoms with Crippen LogP contribution in [-0.2, 0) is 21.7 Å². The molecule has 0 heterocycles. The molecule has 35 heavy (non-hydrogen) atoms. The molecule has 8 fully saturated rings. The Balaban J connectivity index is 1.49. The molecule has 8 bridgehead atoms. The van der Waals surface area contributed by atoms with E-state index < -0.39 is 0 Å². The van der Waals surface area contributed by atoms with E-state index >= 15 is 0 Å². The highest BCUT2D eigenvalue weighted by Gasteiger charge is 2.56. The first-order valence-corrected chi connectivity index (χ1v) is 15.3. The molecule has 1 aromatic rings. The molecular formula is C34H50O. The average Bonchev–Trinajstić information content (AvgIpc) is 2.69. The van der Waals surface area contributed by atoms with E-state index in [2.05, 4.69) is 47.6 Å². The molecule has 0 radical (unpaired) electrons. The Labute approximate surface area is 214 Å². The minimum absolute atomic E-state index is 0.0389. The SMILES string of the molecule is CC(C)(C)c1c(C23CC4CC(CC(C4)C2)C3)cc(C23CC4CC(CC(C4)C2)C3)c(C(C)(C)C)c1O. The van der Waals surface area contributed by atoms with E-state index in [4.69, 9.17) is 0 Å². The molecule has 0 aromatic heterocycles. The first kappa shape index (κ1) is 23.2. The molecule has 8 saturated carbocycles. The van der Waals surface area contributed by atoms with Crippen molar-refractivity contribution in [2.75, 3.05) is 0 Å². The van der Waals surface area contributed by atoms with Gasteiger partial charge in [-0.15, -0.1) is 0 Å². The van der Waals surface area contributed by atoms with Crippen molar-refractivity contribution >= 4 is 0 Å². The first-order valence-electron chi connectivity index (χ1n) is 15.3. The molecule has 0 spiro atoms. The third-order valence-corrected chi connectivity index (χ3v) is 12.0. The number of hydrogen-bond acceptors (Lipinski definition) is 1. The summed E-state index contributed by atoms with van der Waals surface area (Å²) in [6, 6.07) is 2.79. The van der Waals surface area contributed by atoms with E-state index in [9.17, 15) is 5.11 Å². The van der Waals surface area contributed by atoms with E-state index in [0.717, 1.165) is 35.5 Å². The molecule has 1 heteroatoms. The van der Waals surface area contributed by atoms with Crippen LogP contribution in [0.15, 0.2) is 6.07 Å². The first-order chi connectivity index (χ1) is 16.4. The highest BCUT2D eigenvalue weighted by Crippen LogP contribution is 2.66. The van der Waals surface area contributed by atoms with Gasteiger partial charge in [0.05, 0.1) is 0 Å². The van der Waals surface area contributed by atoms with E-state index in [1.807, 2.05) is 0 Å². The lowest BCUT2D eigenvalue weighted by Crippen LogP contribution is -2.51. The van der Waals surface area contributed by atoms with Crippen LogP contribution in [0, 0.1) is 35.5 Å². The molecule has 0 aliphatic heterocycles. The maximum absolute atomic E-state index is 12.4. The molecule has 0 saturated heterocycles. The number of phenolic OH excluding ortho intramolecular Hbond substituents is 1. The van der Waals surface area contributed by atoms with Gasteiger partial charge in [-0.2, -0.15) is 0 Å². The lowest BCUT2D eigenvalue weighted by molar-refractivity contribution is -0.00959. The van der Waals surface area contributed by atoms with Crippen molar-refractivity contribution in [3.8, 4) is 5.75 Å². The second-order valence-corrected chi connectivity index (χ2v) is 17.0. The lowest BCUT2D eigenvalue weighted by atomic mass is 9.45. The van der Waals surface area contributed by atoms with E-state index in [0.29, 0.717) is 16.6 Å². The predicted octanol–water partition coefficient (Wildman–Crippen LogP) is 8.92. The zero-order chi connectivity index (χ0) is 24.5. The van der Waals surface area contributed by atoms with Crippen LogP contribution in [0.25, 0.3) is 0 Å². The van der Waals surface area contributed by atoms with Crippen molar-refractivity contribution in [1.29, 1.82) is 0 Å². The molecule has 8 aliphatic carbocycles. The third-order valence-electron chi connectivity index (χ3n) is 12.0. The Morgan fingerprint density at radius 1 is 0.543 bits per heavy atom. The Morgan fingerprint density at radius 2 is 0.800 bits per heavy atom. The molecule has 1 nitrogen and oxygen atoms in total. The van der Waals surface area contributed by atoms with Crippen molar-refractivity contribution in [2.45, 2.75) is 140 Å². The molecule has 1 aromatic carbocycles. The van der Waals surface area contributed by atoms with Crippen LogP contribution < -0.4 is 0 Å². The molecule has 9 rings (SSSR count). The molecule has 1 N–H and O–H groups in total. The average molecular weight is 475 g/mol. The summed E-state index contributed by atoms with van der Waals surface area (Å²) in [7, 11) is 0. The van der Waals surface area contributed by atoms with Crippen molar-refractivity contribution in [1.82, 2.24) is 0 Å². The van der Waals surface area contributed by atoms with Crippen LogP contribution in [0.1, 0.15) is 141 Å². The minimum atomic E-state index is -0.0389. The lowest BCUT2D eigenvalue weighted by Gasteiger charge is -2.60. The standard InChI is InChI=1S/C34H50O/c1-31(2,3)28-26(33-14-20-7-21(15-33)9-22(8-20)16-33)13-27(29(30(28)35)32(4,5)6)34-17-23-10-24(18-34)12-25(11-23)19-34/h13,20-25,35H,7-12,14-19H2,1-6H3. The second-order valence-electron chi connectivity index (χ2n) is 17.0. The van der Waals surface area contributed by atoms with Crippen LogP contribution in [-0.4, -0.2) is 5.11 Å². The van der Waals surface area contributed by atoms with Gasteiger partial charge in [0.1, 0.15) is 5.75 Å². The predicted molar refractivity (Wildman–Crippen MR) is 145 cm³/mol. The summed E-state index contributed by atoms with van der Waals surface area (Å²) in [6.45, 7) is 14.2. The van der Waals surface area contributed by atoms with Gasteiger partial charge in [0.2, 0.25) is 0 Å². The van der Waals surface area contributed by atoms with Crippen molar-refractivity contribution in [2.24, 2.45) is 35.5 Å². The molecule has 8 aliphatic rings. The zero-order valence-electron chi connectivity index (χ0n) is 23.5. The highest BCUT2D eigenvalue weighted by atomic mass is 16.3. The Hall–Kier alpha value is -0.980. The highest BCUT2D eigenvalue weighted by molar-refractivity contribution is 5.60. The number of aromatic hydroxyl groups is 1. The van der Waals surface area contributed by atoms with Crippen LogP contribution in [0.3, 0.4) is 0 Å². The maximum atomic E-state index is 12.4. The van der Waals surface area contributed by atoms with Gasteiger partial charge in [-0.3, -0.25) is 0 Å². The second kappa shape index (κ2) is 7.11. The van der Waals surface area contributed by atoms with Gasteiger partial charge in [-0.1, -0.05) is 47.6 Å². The van der Waals surface area contributed by atoms with Gasteiger partial charge in [0, 0.05) is 11.1 Å². The van der Waals surface area contributed by atoms with Gasteiger partial charge >= 0.3 is 0 Å². The Morgan fingerprint density at radius 3 is 1.03 bits per heavy atom. The Bertz CT molecular complexity index is 893. The summed E-state index contributed by atoms with van der Waals surface area (Å²) in [5, 5.41) is 12.4. The molecule has 192 valence electrons. The monoisotopic (exact) mass is 474 g/mol. The fourth-order valence-corrected chi connectivity index (χ4v) is 11.9. The summed E-state index contributed by atoms with van der Waals surface area (Å²) in [5.74, 6) is 6.29. The van der Waals surface area contributed by atoms with Crippen molar-refractivity contribution < 1.29 is 5.11 Å². The Kier molecular flexibility index (Phi) is 4.70. The number of phenols is 1. The van der Waals surface area contributed by atoms with Crippen molar-refractivity contribution in [3.05, 3.63) is 28.3 Å². The van der Waals surface area contributed by atoms with Crippen LogP contribution >= 0.6 is 0 Å². The van der Waals surface area contributed by atoms with Gasteiger partial charge in [-0.25, -0.2) is 0 Å². The number of hydrogen-bond donors (Lipinski definition) is 1. The van der Waals surface area contributed by atoms with E-state index in [1.165, 1.54) is 88.2 Å². The topological polar surface area (TPSA) is 20.2 Å². The van der Waals surface area contributed by atoms with Gasteiger partial charge < -0.3 is 5.11 Å². The summed E-state index contributed by atoms with van der Waals surface area (Å²) in [4.78, 5) is 0. The quantitative estimate of drug-likeness (QED) is 0.453. The summed E-state index contributed by atoms with van der Waals surface area (Å²) in [5.41, 5.74) is 6.42.